The Bertz CT molecular complexity index is 353. The molecule has 2 N–H and O–H groups in total. The van der Waals surface area contributed by atoms with Crippen LogP contribution in [0.4, 0.5) is 0 Å². The molecule has 1 heterocycles. The van der Waals surface area contributed by atoms with E-state index in [1.54, 1.807) is 6.42 Å². The van der Waals surface area contributed by atoms with Gasteiger partial charge in [0, 0.05) is 12.1 Å². The van der Waals surface area contributed by atoms with Crippen molar-refractivity contribution in [3.05, 3.63) is 0 Å². The van der Waals surface area contributed by atoms with Gasteiger partial charge in [0.15, 0.2) is 0 Å². The number of piperidine rings is 1. The van der Waals surface area contributed by atoms with Crippen LogP contribution in [0.5, 0.6) is 0 Å². The largest absolute Gasteiger partial charge is 0.329 e. The van der Waals surface area contributed by atoms with E-state index in [0.29, 0.717) is 5.54 Å². The van der Waals surface area contributed by atoms with Crippen molar-refractivity contribution in [3.8, 4) is 0 Å². The van der Waals surface area contributed by atoms with Crippen LogP contribution in [0.2, 0.25) is 0 Å². The number of hydrogen-bond acceptors (Lipinski definition) is 2. The van der Waals surface area contributed by atoms with Crippen molar-refractivity contribution in [3.63, 3.8) is 0 Å². The average molecular weight is 290 g/mol. The fourth-order valence-electron chi connectivity index (χ4n) is 6.96. The summed E-state index contributed by atoms with van der Waals surface area (Å²) < 4.78 is 0. The molecule has 0 unspecified atom stereocenters. The van der Waals surface area contributed by atoms with Gasteiger partial charge in [-0.2, -0.15) is 0 Å². The molecule has 0 aromatic rings. The number of likely N-dealkylation sites (tertiary alicyclic amines) is 1. The molecule has 120 valence electrons. The van der Waals surface area contributed by atoms with E-state index >= 15 is 0 Å². The zero-order valence-corrected chi connectivity index (χ0v) is 14.1. The first-order chi connectivity index (χ1) is 10.1. The zero-order valence-electron chi connectivity index (χ0n) is 14.1. The van der Waals surface area contributed by atoms with Crippen LogP contribution in [0, 0.1) is 35.5 Å². The van der Waals surface area contributed by atoms with Crippen LogP contribution in [0.15, 0.2) is 0 Å². The van der Waals surface area contributed by atoms with Crippen molar-refractivity contribution in [2.45, 2.75) is 64.3 Å². The molecule has 5 fully saturated rings. The molecule has 21 heavy (non-hydrogen) atoms. The Hall–Kier alpha value is -0.0800. The Balaban J connectivity index is 1.54. The normalized spacial score (nSPS) is 47.4. The maximum absolute atomic E-state index is 6.47. The van der Waals surface area contributed by atoms with Crippen LogP contribution >= 0.6 is 0 Å². The number of nitrogens with zero attached hydrogens (tertiary/aromatic N) is 1. The third-order valence-electron chi connectivity index (χ3n) is 7.95. The van der Waals surface area contributed by atoms with Crippen molar-refractivity contribution in [1.82, 2.24) is 4.90 Å². The van der Waals surface area contributed by atoms with Gasteiger partial charge < -0.3 is 5.73 Å². The number of nitrogens with two attached hydrogens (primary N) is 1. The molecule has 0 aromatic heterocycles. The van der Waals surface area contributed by atoms with E-state index in [9.17, 15) is 0 Å². The number of hydrogen-bond donors (Lipinski definition) is 1. The standard InChI is InChI=1S/C19H34N2/c1-13(2)16-3-5-21(6-4-16)19(12-20)17-8-14-7-15(10-17)11-18(19)9-14/h13-18H,3-12,20H2,1-2H3. The predicted octanol–water partition coefficient (Wildman–Crippen LogP) is 3.51. The van der Waals surface area contributed by atoms with Gasteiger partial charge in [0.25, 0.3) is 0 Å². The summed E-state index contributed by atoms with van der Waals surface area (Å²) in [6.07, 6.45) is 10.3. The van der Waals surface area contributed by atoms with Crippen molar-refractivity contribution in [2.24, 2.45) is 41.2 Å². The van der Waals surface area contributed by atoms with E-state index in [2.05, 4.69) is 18.7 Å². The minimum absolute atomic E-state index is 0.398. The van der Waals surface area contributed by atoms with Gasteiger partial charge in [0.05, 0.1) is 0 Å². The summed E-state index contributed by atoms with van der Waals surface area (Å²) in [7, 11) is 0. The number of rotatable bonds is 3. The lowest BCUT2D eigenvalue weighted by Crippen LogP contribution is -2.70. The maximum atomic E-state index is 6.47. The van der Waals surface area contributed by atoms with Gasteiger partial charge in [-0.25, -0.2) is 0 Å². The van der Waals surface area contributed by atoms with Crippen LogP contribution in [-0.2, 0) is 0 Å². The Morgan fingerprint density at radius 1 is 0.952 bits per heavy atom. The van der Waals surface area contributed by atoms with Gasteiger partial charge in [0.1, 0.15) is 0 Å². The van der Waals surface area contributed by atoms with Gasteiger partial charge >= 0.3 is 0 Å². The highest BCUT2D eigenvalue weighted by atomic mass is 15.2. The van der Waals surface area contributed by atoms with Crippen molar-refractivity contribution in [1.29, 1.82) is 0 Å². The molecular weight excluding hydrogens is 256 g/mol. The molecule has 2 heteroatoms. The molecule has 4 bridgehead atoms. The van der Waals surface area contributed by atoms with Crippen LogP contribution in [0.1, 0.15) is 58.8 Å². The molecule has 0 amide bonds. The molecule has 5 aliphatic rings. The van der Waals surface area contributed by atoms with Crippen LogP contribution in [0.3, 0.4) is 0 Å². The van der Waals surface area contributed by atoms with E-state index in [4.69, 9.17) is 5.73 Å². The molecule has 0 atom stereocenters. The monoisotopic (exact) mass is 290 g/mol. The fourth-order valence-corrected chi connectivity index (χ4v) is 6.96. The summed E-state index contributed by atoms with van der Waals surface area (Å²) in [5.41, 5.74) is 6.87. The summed E-state index contributed by atoms with van der Waals surface area (Å²) in [6.45, 7) is 8.38. The molecule has 5 rings (SSSR count). The van der Waals surface area contributed by atoms with Gasteiger partial charge in [-0.1, -0.05) is 13.8 Å². The SMILES string of the molecule is CC(C)C1CCN(C2(CN)C3CC4CC(C3)CC2C4)CC1. The van der Waals surface area contributed by atoms with E-state index < -0.39 is 0 Å². The van der Waals surface area contributed by atoms with Gasteiger partial charge in [-0.3, -0.25) is 4.90 Å². The molecule has 1 saturated heterocycles. The third-order valence-corrected chi connectivity index (χ3v) is 7.95. The van der Waals surface area contributed by atoms with E-state index in [1.165, 1.54) is 51.6 Å². The van der Waals surface area contributed by atoms with Crippen LogP contribution < -0.4 is 5.73 Å². The topological polar surface area (TPSA) is 29.3 Å². The molecule has 2 nitrogen and oxygen atoms in total. The van der Waals surface area contributed by atoms with E-state index in [1.807, 2.05) is 0 Å². The highest BCUT2D eigenvalue weighted by Crippen LogP contribution is 2.60. The molecule has 0 radical (unpaired) electrons. The highest BCUT2D eigenvalue weighted by molar-refractivity contribution is 5.13. The lowest BCUT2D eigenvalue weighted by atomic mass is 9.48. The summed E-state index contributed by atoms with van der Waals surface area (Å²) >= 11 is 0. The third kappa shape index (κ3) is 2.12. The van der Waals surface area contributed by atoms with Gasteiger partial charge in [-0.05, 0) is 93.5 Å². The van der Waals surface area contributed by atoms with Crippen LogP contribution in [0.25, 0.3) is 0 Å². The Kier molecular flexibility index (Phi) is 3.61. The maximum Gasteiger partial charge on any atom is 0.0388 e. The minimum atomic E-state index is 0.398. The molecule has 4 aliphatic carbocycles. The second kappa shape index (κ2) is 5.23. The molecule has 4 saturated carbocycles. The minimum Gasteiger partial charge on any atom is -0.329 e. The van der Waals surface area contributed by atoms with E-state index in [-0.39, 0.29) is 0 Å². The Labute approximate surface area is 130 Å². The van der Waals surface area contributed by atoms with Crippen molar-refractivity contribution < 1.29 is 0 Å². The second-order valence-corrected chi connectivity index (χ2v) is 9.07. The zero-order chi connectivity index (χ0) is 14.6. The first-order valence-corrected chi connectivity index (χ1v) is 9.58. The smallest absolute Gasteiger partial charge is 0.0388 e. The second-order valence-electron chi connectivity index (χ2n) is 9.07. The van der Waals surface area contributed by atoms with Gasteiger partial charge in [-0.15, -0.1) is 0 Å². The fraction of sp³-hybridized carbons (Fsp3) is 1.00. The predicted molar refractivity (Wildman–Crippen MR) is 88.0 cm³/mol. The molecule has 0 spiro atoms. The highest BCUT2D eigenvalue weighted by Gasteiger charge is 2.59. The lowest BCUT2D eigenvalue weighted by molar-refractivity contribution is -0.139. The van der Waals surface area contributed by atoms with Crippen molar-refractivity contribution >= 4 is 0 Å². The average Bonchev–Trinajstić information content (AvgIpc) is 2.47. The first kappa shape index (κ1) is 14.5. The quantitative estimate of drug-likeness (QED) is 0.862. The molecule has 1 aliphatic heterocycles. The van der Waals surface area contributed by atoms with Gasteiger partial charge in [0.2, 0.25) is 0 Å². The van der Waals surface area contributed by atoms with Crippen LogP contribution in [-0.4, -0.2) is 30.1 Å². The Morgan fingerprint density at radius 2 is 1.48 bits per heavy atom. The summed E-state index contributed by atoms with van der Waals surface area (Å²) in [5, 5.41) is 0. The molecular formula is C19H34N2. The molecule has 0 aromatic carbocycles. The Morgan fingerprint density at radius 3 is 1.90 bits per heavy atom. The van der Waals surface area contributed by atoms with E-state index in [0.717, 1.165) is 42.1 Å². The van der Waals surface area contributed by atoms with Crippen molar-refractivity contribution in [2.75, 3.05) is 19.6 Å². The lowest BCUT2D eigenvalue weighted by Gasteiger charge is -2.65. The first-order valence-electron chi connectivity index (χ1n) is 9.58. The summed E-state index contributed by atoms with van der Waals surface area (Å²) in [4.78, 5) is 2.89. The summed E-state index contributed by atoms with van der Waals surface area (Å²) in [6, 6.07) is 0. The summed E-state index contributed by atoms with van der Waals surface area (Å²) in [5.74, 6) is 5.77.